The number of carboxylic acid groups (broad SMARTS) is 2. The van der Waals surface area contributed by atoms with E-state index >= 15 is 0 Å². The average Bonchev–Trinajstić information content (AvgIpc) is 2.93. The molecule has 0 saturated carbocycles. The fraction of sp³-hybridized carbons (Fsp3) is 0.357. The summed E-state index contributed by atoms with van der Waals surface area (Å²) in [7, 11) is 0. The van der Waals surface area contributed by atoms with Crippen LogP contribution in [-0.4, -0.2) is 75.7 Å². The Labute approximate surface area is 246 Å². The molecule has 6 N–H and O–H groups in total. The summed E-state index contributed by atoms with van der Waals surface area (Å²) in [6, 6.07) is 8.35. The molecule has 0 saturated heterocycles. The van der Waals surface area contributed by atoms with Gasteiger partial charge in [-0.3, -0.25) is 24.0 Å². The molecule has 0 aliphatic carbocycles. The zero-order valence-electron chi connectivity index (χ0n) is 22.7. The van der Waals surface area contributed by atoms with Crippen molar-refractivity contribution >= 4 is 48.2 Å². The van der Waals surface area contributed by atoms with Gasteiger partial charge in [0.15, 0.2) is 0 Å². The average molecular weight is 601 g/mol. The molecule has 0 radical (unpaired) electrons. The Balaban J connectivity index is 2.04. The van der Waals surface area contributed by atoms with Crippen molar-refractivity contribution in [3.8, 4) is 11.5 Å². The molecule has 4 rings (SSSR count). The number of hydrogen-bond donors (Lipinski definition) is 7. The summed E-state index contributed by atoms with van der Waals surface area (Å²) in [5, 5.41) is 28.5. The van der Waals surface area contributed by atoms with Gasteiger partial charge in [-0.2, -0.15) is 12.6 Å². The molecule has 2 aromatic carbocycles. The van der Waals surface area contributed by atoms with Gasteiger partial charge in [-0.1, -0.05) is 24.3 Å². The molecule has 4 amide bonds. The molecule has 2 aliphatic heterocycles. The summed E-state index contributed by atoms with van der Waals surface area (Å²) in [4.78, 5) is 74.6. The van der Waals surface area contributed by atoms with Crippen LogP contribution in [0.5, 0.6) is 11.5 Å². The molecule has 2 aromatic rings. The first-order valence-electron chi connectivity index (χ1n) is 13.0. The molecule has 2 heterocycles. The third-order valence-electron chi connectivity index (χ3n) is 6.34. The minimum atomic E-state index is -1.40. The lowest BCUT2D eigenvalue weighted by Gasteiger charge is -2.26. The predicted octanol–water partition coefficient (Wildman–Crippen LogP) is 0.416. The van der Waals surface area contributed by atoms with Gasteiger partial charge in [0.2, 0.25) is 23.6 Å². The minimum Gasteiger partial charge on any atom is -0.481 e. The Bertz CT molecular complexity index is 1330. The Hall–Kier alpha value is -4.59. The van der Waals surface area contributed by atoms with Crippen LogP contribution >= 0.6 is 12.6 Å². The van der Waals surface area contributed by atoms with Crippen LogP contribution in [0.2, 0.25) is 0 Å². The highest BCUT2D eigenvalue weighted by Crippen LogP contribution is 2.24. The maximum Gasteiger partial charge on any atom is 0.327 e. The Morgan fingerprint density at radius 2 is 1.69 bits per heavy atom. The molecule has 0 aromatic heterocycles. The highest BCUT2D eigenvalue weighted by Gasteiger charge is 2.31. The molecule has 42 heavy (non-hydrogen) atoms. The summed E-state index contributed by atoms with van der Waals surface area (Å²) in [5.74, 6) is -4.79. The third-order valence-corrected chi connectivity index (χ3v) is 6.71. The highest BCUT2D eigenvalue weighted by molar-refractivity contribution is 7.80. The van der Waals surface area contributed by atoms with E-state index in [2.05, 4.69) is 33.9 Å². The molecule has 4 bridgehead atoms. The van der Waals surface area contributed by atoms with E-state index in [0.717, 1.165) is 0 Å². The SMILES string of the molecule is CC(=O)N[C@H]1Cc2ccc(cc2)Oc2cccc(c2)C[C@@H](C(=O)NC(CS)C(=O)O)NC(=O)C(CCC(=O)O)NC1=O. The maximum absolute atomic E-state index is 13.4. The standard InChI is InChI=1S/C28H32N4O9S/c1-15(33)29-21-12-16-5-7-18(8-6-16)41-19-4-2-3-17(11-19)13-22(27(38)32-23(14-42)28(39)40)31-25(36)20(30-26(21)37)9-10-24(34)35/h2-8,11,20-23,42H,9-10,12-14H2,1H3,(H,29,33)(H,30,37)(H,31,36)(H,32,38)(H,34,35)(H,39,40)/t20?,21-,22-,23?/m0/s1. The van der Waals surface area contributed by atoms with Gasteiger partial charge in [-0.25, -0.2) is 4.79 Å². The number of aliphatic carboxylic acids is 2. The maximum atomic E-state index is 13.4. The zero-order chi connectivity index (χ0) is 30.8. The summed E-state index contributed by atoms with van der Waals surface area (Å²) in [6.07, 6.45) is -0.845. The lowest BCUT2D eigenvalue weighted by Crippen LogP contribution is -2.58. The van der Waals surface area contributed by atoms with E-state index in [9.17, 15) is 39.0 Å². The summed E-state index contributed by atoms with van der Waals surface area (Å²) in [5.41, 5.74) is 1.23. The van der Waals surface area contributed by atoms with Crippen molar-refractivity contribution in [2.75, 3.05) is 5.75 Å². The second-order valence-corrected chi connectivity index (χ2v) is 10.1. The fourth-order valence-electron chi connectivity index (χ4n) is 4.24. The lowest BCUT2D eigenvalue weighted by molar-refractivity contribution is -0.141. The minimum absolute atomic E-state index is 0.0553. The van der Waals surface area contributed by atoms with Crippen molar-refractivity contribution in [1.29, 1.82) is 0 Å². The largest absolute Gasteiger partial charge is 0.481 e. The van der Waals surface area contributed by atoms with E-state index in [1.165, 1.54) is 6.92 Å². The number of hydrogen-bond acceptors (Lipinski definition) is 8. The summed E-state index contributed by atoms with van der Waals surface area (Å²) >= 11 is 3.96. The molecule has 2 aliphatic rings. The van der Waals surface area contributed by atoms with Gasteiger partial charge < -0.3 is 36.2 Å². The Kier molecular flexibility index (Phi) is 11.3. The number of carbonyl (C=O) groups excluding carboxylic acids is 4. The second kappa shape index (κ2) is 14.9. The van der Waals surface area contributed by atoms with Gasteiger partial charge in [0, 0.05) is 31.9 Å². The monoisotopic (exact) mass is 600 g/mol. The van der Waals surface area contributed by atoms with Crippen LogP contribution in [0.25, 0.3) is 0 Å². The molecule has 2 unspecified atom stereocenters. The molecular weight excluding hydrogens is 568 g/mol. The van der Waals surface area contributed by atoms with Crippen molar-refractivity contribution in [3.63, 3.8) is 0 Å². The Morgan fingerprint density at radius 3 is 2.31 bits per heavy atom. The molecular formula is C28H32N4O9S. The second-order valence-electron chi connectivity index (χ2n) is 9.69. The molecule has 14 heteroatoms. The number of amides is 4. The number of carboxylic acids is 2. The van der Waals surface area contributed by atoms with E-state index in [4.69, 9.17) is 4.74 Å². The molecule has 224 valence electrons. The van der Waals surface area contributed by atoms with Crippen LogP contribution < -0.4 is 26.0 Å². The smallest absolute Gasteiger partial charge is 0.327 e. The van der Waals surface area contributed by atoms with Crippen molar-refractivity contribution in [3.05, 3.63) is 59.7 Å². The molecule has 0 spiro atoms. The summed E-state index contributed by atoms with van der Waals surface area (Å²) in [6.45, 7) is 1.23. The van der Waals surface area contributed by atoms with Gasteiger partial charge in [0.1, 0.15) is 35.7 Å². The van der Waals surface area contributed by atoms with Crippen LogP contribution in [0.3, 0.4) is 0 Å². The highest BCUT2D eigenvalue weighted by atomic mass is 32.1. The third kappa shape index (κ3) is 9.51. The number of nitrogens with one attached hydrogen (secondary N) is 4. The van der Waals surface area contributed by atoms with E-state index in [1.54, 1.807) is 48.5 Å². The first-order chi connectivity index (χ1) is 19.9. The number of ether oxygens (including phenoxy) is 1. The van der Waals surface area contributed by atoms with E-state index in [-0.39, 0.29) is 25.0 Å². The molecule has 13 nitrogen and oxygen atoms in total. The zero-order valence-corrected chi connectivity index (χ0v) is 23.6. The van der Waals surface area contributed by atoms with Crippen LogP contribution in [0.1, 0.15) is 30.9 Å². The van der Waals surface area contributed by atoms with Crippen molar-refractivity contribution < 1.29 is 43.7 Å². The van der Waals surface area contributed by atoms with Crippen molar-refractivity contribution in [1.82, 2.24) is 21.3 Å². The van der Waals surface area contributed by atoms with Crippen molar-refractivity contribution in [2.24, 2.45) is 0 Å². The van der Waals surface area contributed by atoms with E-state index in [1.807, 2.05) is 0 Å². The molecule has 4 atom stereocenters. The van der Waals surface area contributed by atoms with E-state index < -0.39 is 66.2 Å². The topological polar surface area (TPSA) is 200 Å². The molecule has 0 fully saturated rings. The van der Waals surface area contributed by atoms with Crippen LogP contribution in [0.4, 0.5) is 0 Å². The number of carbonyl (C=O) groups is 6. The quantitative estimate of drug-likeness (QED) is 0.210. The van der Waals surface area contributed by atoms with Gasteiger partial charge in [-0.05, 0) is 41.8 Å². The first-order valence-corrected chi connectivity index (χ1v) is 13.7. The van der Waals surface area contributed by atoms with Gasteiger partial charge in [0.25, 0.3) is 0 Å². The first kappa shape index (κ1) is 31.9. The number of rotatable bonds is 8. The predicted molar refractivity (Wildman–Crippen MR) is 152 cm³/mol. The summed E-state index contributed by atoms with van der Waals surface area (Å²) < 4.78 is 5.93. The number of thiol groups is 1. The van der Waals surface area contributed by atoms with Crippen LogP contribution in [-0.2, 0) is 41.6 Å². The lowest BCUT2D eigenvalue weighted by atomic mass is 10.0. The number of benzene rings is 2. The Morgan fingerprint density at radius 1 is 0.976 bits per heavy atom. The van der Waals surface area contributed by atoms with Crippen molar-refractivity contribution in [2.45, 2.75) is 56.8 Å². The van der Waals surface area contributed by atoms with Crippen LogP contribution in [0, 0.1) is 0 Å². The van der Waals surface area contributed by atoms with Gasteiger partial charge >= 0.3 is 11.9 Å². The van der Waals surface area contributed by atoms with Crippen LogP contribution in [0.15, 0.2) is 48.5 Å². The van der Waals surface area contributed by atoms with Gasteiger partial charge in [0.05, 0.1) is 0 Å². The van der Waals surface area contributed by atoms with E-state index in [0.29, 0.717) is 22.6 Å². The fourth-order valence-corrected chi connectivity index (χ4v) is 4.49. The van der Waals surface area contributed by atoms with Gasteiger partial charge in [-0.15, -0.1) is 0 Å². The normalized spacial score (nSPS) is 19.7. The number of fused-ring (bicyclic) bond motifs is 10.